The first-order valence-electron chi connectivity index (χ1n) is 7.74. The zero-order chi connectivity index (χ0) is 17.1. The van der Waals surface area contributed by atoms with Crippen molar-refractivity contribution in [3.63, 3.8) is 0 Å². The SMILES string of the molecule is CC(=O)N1CCN(C(=O)c2csc(Nc3cccc(C)n3)n2)CC1. The lowest BCUT2D eigenvalue weighted by Crippen LogP contribution is -2.50. The van der Waals surface area contributed by atoms with Crippen molar-refractivity contribution in [2.45, 2.75) is 13.8 Å². The van der Waals surface area contributed by atoms with E-state index in [0.29, 0.717) is 42.8 Å². The largest absolute Gasteiger partial charge is 0.339 e. The van der Waals surface area contributed by atoms with Crippen molar-refractivity contribution in [2.24, 2.45) is 0 Å². The predicted octanol–water partition coefficient (Wildman–Crippen LogP) is 1.89. The molecule has 1 fully saturated rings. The van der Waals surface area contributed by atoms with Crippen LogP contribution in [0.4, 0.5) is 10.9 Å². The minimum atomic E-state index is -0.0975. The van der Waals surface area contributed by atoms with Crippen LogP contribution in [-0.2, 0) is 4.79 Å². The standard InChI is InChI=1S/C16H19N5O2S/c1-11-4-3-5-14(17-11)19-16-18-13(10-24-16)15(23)21-8-6-20(7-9-21)12(2)22/h3-5,10H,6-9H2,1-2H3,(H,17,18,19). The first-order valence-corrected chi connectivity index (χ1v) is 8.62. The Labute approximate surface area is 144 Å². The first kappa shape index (κ1) is 16.4. The fourth-order valence-corrected chi connectivity index (χ4v) is 3.23. The molecule has 7 nitrogen and oxygen atoms in total. The molecule has 0 spiro atoms. The lowest BCUT2D eigenvalue weighted by Gasteiger charge is -2.33. The molecule has 1 aliphatic heterocycles. The van der Waals surface area contributed by atoms with Crippen LogP contribution in [-0.4, -0.2) is 57.8 Å². The van der Waals surface area contributed by atoms with E-state index in [1.54, 1.807) is 22.1 Å². The number of hydrogen-bond donors (Lipinski definition) is 1. The molecule has 126 valence electrons. The normalized spacial score (nSPS) is 14.6. The lowest BCUT2D eigenvalue weighted by molar-refractivity contribution is -0.130. The summed E-state index contributed by atoms with van der Waals surface area (Å²) in [7, 11) is 0. The minimum absolute atomic E-state index is 0.0490. The Bertz CT molecular complexity index is 752. The number of nitrogens with zero attached hydrogens (tertiary/aromatic N) is 4. The summed E-state index contributed by atoms with van der Waals surface area (Å²) >= 11 is 1.37. The van der Waals surface area contributed by atoms with Crippen LogP contribution in [0.15, 0.2) is 23.6 Å². The summed E-state index contributed by atoms with van der Waals surface area (Å²) < 4.78 is 0. The highest BCUT2D eigenvalue weighted by Gasteiger charge is 2.24. The van der Waals surface area contributed by atoms with Crippen molar-refractivity contribution >= 4 is 34.1 Å². The number of anilines is 2. The summed E-state index contributed by atoms with van der Waals surface area (Å²) in [4.78, 5) is 36.1. The number of hydrogen-bond acceptors (Lipinski definition) is 6. The van der Waals surface area contributed by atoms with Gasteiger partial charge in [0.25, 0.3) is 5.91 Å². The van der Waals surface area contributed by atoms with Gasteiger partial charge < -0.3 is 15.1 Å². The highest BCUT2D eigenvalue weighted by Crippen LogP contribution is 2.21. The molecule has 0 aliphatic carbocycles. The van der Waals surface area contributed by atoms with Crippen molar-refractivity contribution in [3.05, 3.63) is 35.0 Å². The number of pyridine rings is 1. The molecule has 0 unspecified atom stereocenters. The quantitative estimate of drug-likeness (QED) is 0.919. The van der Waals surface area contributed by atoms with E-state index in [1.807, 2.05) is 25.1 Å². The molecule has 24 heavy (non-hydrogen) atoms. The molecular weight excluding hydrogens is 326 g/mol. The molecular formula is C16H19N5O2S. The summed E-state index contributed by atoms with van der Waals surface area (Å²) in [5.41, 5.74) is 1.34. The van der Waals surface area contributed by atoms with Crippen LogP contribution < -0.4 is 5.32 Å². The van der Waals surface area contributed by atoms with E-state index in [0.717, 1.165) is 5.69 Å². The lowest BCUT2D eigenvalue weighted by atomic mass is 10.3. The van der Waals surface area contributed by atoms with Gasteiger partial charge in [-0.3, -0.25) is 9.59 Å². The zero-order valence-electron chi connectivity index (χ0n) is 13.7. The Balaban J connectivity index is 1.63. The Morgan fingerprint density at radius 2 is 1.83 bits per heavy atom. The summed E-state index contributed by atoms with van der Waals surface area (Å²) in [6, 6.07) is 5.69. The number of aromatic nitrogens is 2. The first-order chi connectivity index (χ1) is 11.5. The smallest absolute Gasteiger partial charge is 0.273 e. The minimum Gasteiger partial charge on any atom is -0.339 e. The number of carbonyl (C=O) groups is 2. The second-order valence-electron chi connectivity index (χ2n) is 5.63. The van der Waals surface area contributed by atoms with E-state index in [1.165, 1.54) is 11.3 Å². The van der Waals surface area contributed by atoms with Crippen molar-refractivity contribution in [1.29, 1.82) is 0 Å². The van der Waals surface area contributed by atoms with Gasteiger partial charge in [0.2, 0.25) is 5.91 Å². The molecule has 2 aromatic rings. The number of nitrogens with one attached hydrogen (secondary N) is 1. The highest BCUT2D eigenvalue weighted by molar-refractivity contribution is 7.14. The third-order valence-electron chi connectivity index (χ3n) is 3.86. The van der Waals surface area contributed by atoms with E-state index in [-0.39, 0.29) is 11.8 Å². The molecule has 2 aromatic heterocycles. The maximum Gasteiger partial charge on any atom is 0.273 e. The van der Waals surface area contributed by atoms with Gasteiger partial charge in [0, 0.05) is 44.2 Å². The fraction of sp³-hybridized carbons (Fsp3) is 0.375. The number of amides is 2. The third kappa shape index (κ3) is 3.70. The average molecular weight is 345 g/mol. The van der Waals surface area contributed by atoms with E-state index < -0.39 is 0 Å². The zero-order valence-corrected chi connectivity index (χ0v) is 14.5. The van der Waals surface area contributed by atoms with E-state index in [9.17, 15) is 9.59 Å². The molecule has 0 atom stereocenters. The maximum atomic E-state index is 12.5. The van der Waals surface area contributed by atoms with Crippen LogP contribution in [0, 0.1) is 6.92 Å². The Morgan fingerprint density at radius 1 is 1.12 bits per heavy atom. The van der Waals surface area contributed by atoms with Gasteiger partial charge in [-0.15, -0.1) is 11.3 Å². The van der Waals surface area contributed by atoms with Crippen molar-refractivity contribution in [2.75, 3.05) is 31.5 Å². The van der Waals surface area contributed by atoms with Gasteiger partial charge in [0.15, 0.2) is 5.13 Å². The van der Waals surface area contributed by atoms with Crippen LogP contribution in [0.5, 0.6) is 0 Å². The summed E-state index contributed by atoms with van der Waals surface area (Å²) in [6.45, 7) is 5.70. The Morgan fingerprint density at radius 3 is 2.50 bits per heavy atom. The van der Waals surface area contributed by atoms with Crippen LogP contribution in [0.3, 0.4) is 0 Å². The molecule has 0 radical (unpaired) electrons. The Kier molecular flexibility index (Phi) is 4.75. The molecule has 3 rings (SSSR count). The number of piperazine rings is 1. The molecule has 1 N–H and O–H groups in total. The summed E-state index contributed by atoms with van der Waals surface area (Å²) in [5, 5.41) is 5.50. The average Bonchev–Trinajstić information content (AvgIpc) is 3.02. The van der Waals surface area contributed by atoms with Crippen LogP contribution in [0.2, 0.25) is 0 Å². The van der Waals surface area contributed by atoms with Gasteiger partial charge in [-0.05, 0) is 19.1 Å². The fourth-order valence-electron chi connectivity index (χ4n) is 2.54. The monoisotopic (exact) mass is 345 g/mol. The molecule has 0 bridgehead atoms. The van der Waals surface area contributed by atoms with Crippen molar-refractivity contribution < 1.29 is 9.59 Å². The molecule has 8 heteroatoms. The molecule has 1 saturated heterocycles. The number of aryl methyl sites for hydroxylation is 1. The maximum absolute atomic E-state index is 12.5. The molecule has 3 heterocycles. The van der Waals surface area contributed by atoms with Gasteiger partial charge in [-0.2, -0.15) is 0 Å². The highest BCUT2D eigenvalue weighted by atomic mass is 32.1. The number of thiazole rings is 1. The van der Waals surface area contributed by atoms with Crippen LogP contribution >= 0.6 is 11.3 Å². The third-order valence-corrected chi connectivity index (χ3v) is 4.62. The number of carbonyl (C=O) groups excluding carboxylic acids is 2. The van der Waals surface area contributed by atoms with Gasteiger partial charge in [-0.25, -0.2) is 9.97 Å². The van der Waals surface area contributed by atoms with Crippen molar-refractivity contribution in [3.8, 4) is 0 Å². The van der Waals surface area contributed by atoms with Gasteiger partial charge in [0.05, 0.1) is 0 Å². The summed E-state index contributed by atoms with van der Waals surface area (Å²) in [6.07, 6.45) is 0. The van der Waals surface area contributed by atoms with Crippen molar-refractivity contribution in [1.82, 2.24) is 19.8 Å². The second-order valence-corrected chi connectivity index (χ2v) is 6.48. The predicted molar refractivity (Wildman–Crippen MR) is 92.5 cm³/mol. The molecule has 0 saturated carbocycles. The van der Waals surface area contributed by atoms with Gasteiger partial charge >= 0.3 is 0 Å². The van der Waals surface area contributed by atoms with E-state index in [2.05, 4.69) is 15.3 Å². The molecule has 1 aliphatic rings. The second kappa shape index (κ2) is 6.96. The molecule has 0 aromatic carbocycles. The van der Waals surface area contributed by atoms with E-state index >= 15 is 0 Å². The van der Waals surface area contributed by atoms with E-state index in [4.69, 9.17) is 0 Å². The summed E-state index contributed by atoms with van der Waals surface area (Å²) in [5.74, 6) is 0.658. The Hall–Kier alpha value is -2.48. The topological polar surface area (TPSA) is 78.4 Å². The van der Waals surface area contributed by atoms with Gasteiger partial charge in [-0.1, -0.05) is 6.07 Å². The number of rotatable bonds is 3. The van der Waals surface area contributed by atoms with Crippen LogP contribution in [0.1, 0.15) is 23.1 Å². The van der Waals surface area contributed by atoms with Crippen LogP contribution in [0.25, 0.3) is 0 Å². The van der Waals surface area contributed by atoms with Gasteiger partial charge in [0.1, 0.15) is 11.5 Å². The molecule has 2 amide bonds.